The van der Waals surface area contributed by atoms with Crippen molar-refractivity contribution in [3.05, 3.63) is 28.8 Å². The Morgan fingerprint density at radius 2 is 1.26 bits per heavy atom. The van der Waals surface area contributed by atoms with Gasteiger partial charge in [-0.2, -0.15) is 0 Å². The minimum absolute atomic E-state index is 0.195. The third kappa shape index (κ3) is 4.87. The lowest BCUT2D eigenvalue weighted by Gasteiger charge is -2.25. The second-order valence-electron chi connectivity index (χ2n) is 6.93. The predicted molar refractivity (Wildman–Crippen MR) is 89.3 cm³/mol. The summed E-state index contributed by atoms with van der Waals surface area (Å²) in [4.78, 5) is 4.46. The van der Waals surface area contributed by atoms with Crippen LogP contribution in [0.2, 0.25) is 0 Å². The highest BCUT2D eigenvalue weighted by Crippen LogP contribution is 2.25. The Morgan fingerprint density at radius 1 is 0.895 bits per heavy atom. The highest BCUT2D eigenvalue weighted by Gasteiger charge is 2.18. The number of benzene rings is 1. The zero-order chi connectivity index (χ0) is 14.8. The van der Waals surface area contributed by atoms with E-state index in [1.807, 2.05) is 0 Å². The van der Waals surface area contributed by atoms with E-state index in [0.29, 0.717) is 0 Å². The van der Waals surface area contributed by atoms with Crippen LogP contribution >= 0.6 is 9.24 Å². The number of nitrogens with zero attached hydrogens (tertiary/aromatic N) is 2. The van der Waals surface area contributed by atoms with Crippen molar-refractivity contribution in [2.45, 2.75) is 39.3 Å². The maximum atomic E-state index is 2.93. The Hall–Kier alpha value is -0.430. The van der Waals surface area contributed by atoms with E-state index in [1.165, 1.54) is 22.0 Å². The number of rotatable bonds is 4. The Bertz CT molecular complexity index is 400. The number of hydrogen-bond acceptors (Lipinski definition) is 2. The smallest absolute Gasteiger partial charge is 0.0234 e. The van der Waals surface area contributed by atoms with Gasteiger partial charge in [-0.25, -0.2) is 0 Å². The lowest BCUT2D eigenvalue weighted by atomic mass is 9.85. The van der Waals surface area contributed by atoms with Crippen LogP contribution in [-0.4, -0.2) is 38.0 Å². The van der Waals surface area contributed by atoms with Gasteiger partial charge in [0.15, 0.2) is 0 Å². The van der Waals surface area contributed by atoms with Crippen LogP contribution in [0, 0.1) is 0 Å². The van der Waals surface area contributed by atoms with Crippen LogP contribution in [0.5, 0.6) is 0 Å². The second kappa shape index (κ2) is 6.35. The molecule has 0 fully saturated rings. The van der Waals surface area contributed by atoms with Gasteiger partial charge in [-0.15, -0.1) is 9.24 Å². The maximum absolute atomic E-state index is 2.93. The van der Waals surface area contributed by atoms with E-state index in [-0.39, 0.29) is 5.41 Å². The Balaban J connectivity index is 3.29. The summed E-state index contributed by atoms with van der Waals surface area (Å²) < 4.78 is 0. The molecule has 0 aliphatic carbocycles. The van der Waals surface area contributed by atoms with Crippen LogP contribution in [0.25, 0.3) is 0 Å². The van der Waals surface area contributed by atoms with Gasteiger partial charge >= 0.3 is 0 Å². The summed E-state index contributed by atoms with van der Waals surface area (Å²) in [6, 6.07) is 4.73. The third-order valence-corrected chi connectivity index (χ3v) is 3.93. The fraction of sp³-hybridized carbons (Fsp3) is 0.625. The van der Waals surface area contributed by atoms with Gasteiger partial charge in [-0.1, -0.05) is 32.9 Å². The van der Waals surface area contributed by atoms with Gasteiger partial charge in [0.25, 0.3) is 0 Å². The molecule has 1 unspecified atom stereocenters. The van der Waals surface area contributed by atoms with Gasteiger partial charge in [0.2, 0.25) is 0 Å². The van der Waals surface area contributed by atoms with E-state index in [4.69, 9.17) is 0 Å². The predicted octanol–water partition coefficient (Wildman–Crippen LogP) is 2.61. The van der Waals surface area contributed by atoms with Crippen molar-refractivity contribution in [1.82, 2.24) is 9.80 Å². The summed E-state index contributed by atoms with van der Waals surface area (Å²) in [5.41, 5.74) is 4.45. The first-order chi connectivity index (χ1) is 8.61. The van der Waals surface area contributed by atoms with Crippen molar-refractivity contribution in [2.75, 3.05) is 28.2 Å². The minimum Gasteiger partial charge on any atom is -0.305 e. The molecule has 19 heavy (non-hydrogen) atoms. The van der Waals surface area contributed by atoms with E-state index in [0.717, 1.165) is 13.1 Å². The molecule has 3 heteroatoms. The van der Waals surface area contributed by atoms with E-state index in [1.54, 1.807) is 0 Å². The van der Waals surface area contributed by atoms with Crippen LogP contribution in [0.4, 0.5) is 0 Å². The van der Waals surface area contributed by atoms with E-state index in [9.17, 15) is 0 Å². The quantitative estimate of drug-likeness (QED) is 0.782. The summed E-state index contributed by atoms with van der Waals surface area (Å²) in [7, 11) is 11.4. The van der Waals surface area contributed by atoms with Gasteiger partial charge in [0.05, 0.1) is 0 Å². The molecule has 0 N–H and O–H groups in total. The summed E-state index contributed by atoms with van der Waals surface area (Å²) in [5, 5.41) is 1.36. The highest BCUT2D eigenvalue weighted by atomic mass is 31.0. The monoisotopic (exact) mass is 280 g/mol. The number of hydrogen-bond donors (Lipinski definition) is 0. The first kappa shape index (κ1) is 16.6. The molecule has 1 rings (SSSR count). The van der Waals surface area contributed by atoms with E-state index >= 15 is 0 Å². The van der Waals surface area contributed by atoms with Crippen molar-refractivity contribution in [3.8, 4) is 0 Å². The molecule has 0 amide bonds. The highest BCUT2D eigenvalue weighted by molar-refractivity contribution is 7.27. The molecule has 0 saturated heterocycles. The zero-order valence-corrected chi connectivity index (χ0v) is 14.7. The topological polar surface area (TPSA) is 6.48 Å². The Kier molecular flexibility index (Phi) is 5.55. The summed E-state index contributed by atoms with van der Waals surface area (Å²) >= 11 is 0. The molecule has 0 bridgehead atoms. The standard InChI is InChI=1S/C16H29N2P/c1-16(2,3)14-8-12(10-17(4)5)15(19)13(9-14)11-18(6)7/h8-9H,10-11,19H2,1-7H3. The molecule has 1 atom stereocenters. The molecule has 0 saturated carbocycles. The third-order valence-electron chi connectivity index (χ3n) is 3.19. The normalized spacial score (nSPS) is 12.5. The van der Waals surface area contributed by atoms with Crippen LogP contribution in [0.3, 0.4) is 0 Å². The molecule has 0 heterocycles. The molecule has 1 aromatic carbocycles. The van der Waals surface area contributed by atoms with Gasteiger partial charge < -0.3 is 9.80 Å². The van der Waals surface area contributed by atoms with Crippen LogP contribution in [0.1, 0.15) is 37.5 Å². The van der Waals surface area contributed by atoms with Crippen molar-refractivity contribution < 1.29 is 0 Å². The molecule has 0 aliphatic rings. The molecule has 108 valence electrons. The molecular weight excluding hydrogens is 251 g/mol. The SMILES string of the molecule is CN(C)Cc1cc(C(C)(C)C)cc(CN(C)C)c1P. The molecule has 0 radical (unpaired) electrons. The average molecular weight is 280 g/mol. The summed E-state index contributed by atoms with van der Waals surface area (Å²) in [6.07, 6.45) is 0. The molecular formula is C16H29N2P. The van der Waals surface area contributed by atoms with Crippen molar-refractivity contribution >= 4 is 14.5 Å². The average Bonchev–Trinajstić information content (AvgIpc) is 2.20. The fourth-order valence-corrected chi connectivity index (χ4v) is 2.50. The maximum Gasteiger partial charge on any atom is 0.0234 e. The molecule has 0 aromatic heterocycles. The Labute approximate surface area is 121 Å². The molecule has 0 aliphatic heterocycles. The zero-order valence-electron chi connectivity index (χ0n) is 13.5. The van der Waals surface area contributed by atoms with E-state index in [2.05, 4.69) is 80.1 Å². The van der Waals surface area contributed by atoms with Crippen LogP contribution < -0.4 is 5.30 Å². The van der Waals surface area contributed by atoms with Gasteiger partial charge in [0.1, 0.15) is 0 Å². The first-order valence-electron chi connectivity index (χ1n) is 6.82. The fourth-order valence-electron chi connectivity index (χ4n) is 2.15. The lowest BCUT2D eigenvalue weighted by Crippen LogP contribution is -2.24. The molecule has 1 aromatic rings. The first-order valence-corrected chi connectivity index (χ1v) is 7.40. The van der Waals surface area contributed by atoms with Crippen molar-refractivity contribution in [3.63, 3.8) is 0 Å². The summed E-state index contributed by atoms with van der Waals surface area (Å²) in [5.74, 6) is 0. The minimum atomic E-state index is 0.195. The largest absolute Gasteiger partial charge is 0.305 e. The van der Waals surface area contributed by atoms with Crippen molar-refractivity contribution in [1.29, 1.82) is 0 Å². The summed E-state index contributed by atoms with van der Waals surface area (Å²) in [6.45, 7) is 8.82. The van der Waals surface area contributed by atoms with Crippen LogP contribution in [0.15, 0.2) is 12.1 Å². The molecule has 0 spiro atoms. The lowest BCUT2D eigenvalue weighted by molar-refractivity contribution is 0.397. The van der Waals surface area contributed by atoms with Gasteiger partial charge in [-0.05, 0) is 55.6 Å². The molecule has 2 nitrogen and oxygen atoms in total. The van der Waals surface area contributed by atoms with Gasteiger partial charge in [0, 0.05) is 13.1 Å². The van der Waals surface area contributed by atoms with Gasteiger partial charge in [-0.3, -0.25) is 0 Å². The van der Waals surface area contributed by atoms with Crippen molar-refractivity contribution in [2.24, 2.45) is 0 Å². The van der Waals surface area contributed by atoms with Crippen LogP contribution in [-0.2, 0) is 18.5 Å². The van der Waals surface area contributed by atoms with E-state index < -0.39 is 0 Å². The Morgan fingerprint density at radius 3 is 1.53 bits per heavy atom. The second-order valence-corrected chi connectivity index (χ2v) is 7.51.